The molecule has 2 N–H and O–H groups in total. The first-order chi connectivity index (χ1) is 20.0. The maximum absolute atomic E-state index is 12.7. The van der Waals surface area contributed by atoms with Crippen molar-refractivity contribution in [1.29, 1.82) is 0 Å². The maximum Gasteiger partial charge on any atom is 0.321 e. The van der Waals surface area contributed by atoms with Gasteiger partial charge in [-0.05, 0) is 80.0 Å². The molecule has 3 rings (SSSR count). The Morgan fingerprint density at radius 3 is 2.00 bits per heavy atom. The molecule has 0 aromatic heterocycles. The zero-order valence-electron chi connectivity index (χ0n) is 25.8. The molecule has 1 aliphatic rings. The Bertz CT molecular complexity index is 1010. The van der Waals surface area contributed by atoms with Crippen molar-refractivity contribution in [3.05, 3.63) is 66.1 Å². The van der Waals surface area contributed by atoms with Gasteiger partial charge in [-0.2, -0.15) is 0 Å². The fourth-order valence-electron chi connectivity index (χ4n) is 5.41. The van der Waals surface area contributed by atoms with E-state index in [1.54, 1.807) is 0 Å². The summed E-state index contributed by atoms with van der Waals surface area (Å²) in [5.41, 5.74) is 3.81. The van der Waals surface area contributed by atoms with Crippen LogP contribution in [0, 0.1) is 12.3 Å². The number of carbonyl (C=O) groups excluding carboxylic acids is 2. The Morgan fingerprint density at radius 1 is 0.829 bits per heavy atom. The summed E-state index contributed by atoms with van der Waals surface area (Å²) in [6.07, 6.45) is 18.3. The van der Waals surface area contributed by atoms with E-state index >= 15 is 0 Å². The van der Waals surface area contributed by atoms with Gasteiger partial charge in [-0.3, -0.25) is 4.79 Å². The summed E-state index contributed by atoms with van der Waals surface area (Å²) in [7, 11) is 4.01. The van der Waals surface area contributed by atoms with Crippen molar-refractivity contribution >= 4 is 23.3 Å². The normalized spacial score (nSPS) is 13.7. The summed E-state index contributed by atoms with van der Waals surface area (Å²) >= 11 is 0. The molecule has 1 saturated heterocycles. The number of benzene rings is 2. The molecule has 2 aromatic rings. The first-order valence-corrected chi connectivity index (χ1v) is 16.0. The molecule has 1 fully saturated rings. The van der Waals surface area contributed by atoms with E-state index in [1.807, 2.05) is 72.4 Å². The molecule has 2 aromatic carbocycles. The Hall–Kier alpha value is -3.02. The van der Waals surface area contributed by atoms with Crippen LogP contribution in [-0.2, 0) is 0 Å². The van der Waals surface area contributed by atoms with Crippen LogP contribution < -0.4 is 15.5 Å². The van der Waals surface area contributed by atoms with Crippen LogP contribution in [0.2, 0.25) is 0 Å². The third kappa shape index (κ3) is 12.2. The van der Waals surface area contributed by atoms with E-state index in [0.717, 1.165) is 67.8 Å². The Labute approximate surface area is 249 Å². The van der Waals surface area contributed by atoms with Gasteiger partial charge in [0, 0.05) is 50.7 Å². The van der Waals surface area contributed by atoms with Crippen molar-refractivity contribution in [3.63, 3.8) is 0 Å². The summed E-state index contributed by atoms with van der Waals surface area (Å²) in [4.78, 5) is 29.2. The number of hydrogen-bond donors (Lipinski definition) is 2. The van der Waals surface area contributed by atoms with Gasteiger partial charge in [0.25, 0.3) is 5.91 Å². The number of carbonyl (C=O) groups is 2. The summed E-state index contributed by atoms with van der Waals surface area (Å²) in [5, 5.41) is 6.10. The number of unbranched alkanes of at least 4 members (excludes halogenated alkanes) is 9. The van der Waals surface area contributed by atoms with Crippen LogP contribution in [0.15, 0.2) is 48.5 Å². The lowest BCUT2D eigenvalue weighted by Crippen LogP contribution is -2.41. The van der Waals surface area contributed by atoms with E-state index in [0.29, 0.717) is 5.92 Å². The molecule has 41 heavy (non-hydrogen) atoms. The molecule has 3 amide bonds. The first-order valence-electron chi connectivity index (χ1n) is 16.0. The second-order valence-corrected chi connectivity index (χ2v) is 11.8. The van der Waals surface area contributed by atoms with Crippen LogP contribution in [0.4, 0.5) is 16.2 Å². The van der Waals surface area contributed by atoms with Crippen molar-refractivity contribution in [2.75, 3.05) is 43.9 Å². The van der Waals surface area contributed by atoms with E-state index < -0.39 is 0 Å². The number of amides is 3. The van der Waals surface area contributed by atoms with Gasteiger partial charge in [-0.25, -0.2) is 4.79 Å². The van der Waals surface area contributed by atoms with Gasteiger partial charge in [0.15, 0.2) is 0 Å². The Kier molecular flexibility index (Phi) is 14.6. The molecule has 0 bridgehead atoms. The summed E-state index contributed by atoms with van der Waals surface area (Å²) in [6, 6.07) is 15.8. The van der Waals surface area contributed by atoms with E-state index in [-0.39, 0.29) is 11.9 Å². The van der Waals surface area contributed by atoms with Gasteiger partial charge in [-0.1, -0.05) is 76.8 Å². The zero-order chi connectivity index (χ0) is 29.3. The van der Waals surface area contributed by atoms with Crippen molar-refractivity contribution in [2.24, 2.45) is 5.92 Å². The maximum atomic E-state index is 12.7. The number of rotatable bonds is 17. The minimum Gasteiger partial charge on any atom is -0.378 e. The molecule has 1 aliphatic heterocycles. The second kappa shape index (κ2) is 18.4. The molecular weight excluding hydrogens is 508 g/mol. The van der Waals surface area contributed by atoms with Crippen LogP contribution in [-0.4, -0.2) is 50.6 Å². The second-order valence-electron chi connectivity index (χ2n) is 11.8. The molecule has 0 spiro atoms. The molecule has 0 unspecified atom stereocenters. The molecule has 225 valence electrons. The van der Waals surface area contributed by atoms with Crippen molar-refractivity contribution in [3.8, 4) is 0 Å². The van der Waals surface area contributed by atoms with Gasteiger partial charge < -0.3 is 20.4 Å². The Morgan fingerprint density at radius 2 is 1.41 bits per heavy atom. The molecule has 0 saturated carbocycles. The largest absolute Gasteiger partial charge is 0.378 e. The molecule has 0 atom stereocenters. The summed E-state index contributed by atoms with van der Waals surface area (Å²) in [5.74, 6) is 0.592. The third-order valence-electron chi connectivity index (χ3n) is 8.21. The summed E-state index contributed by atoms with van der Waals surface area (Å²) < 4.78 is 0. The standard InChI is InChI=1S/C35H53N4O2/c1-4-5-6-7-8-9-10-11-12-13-26-36-34(40)31-18-16-29(17-19-31)14-15-30-24-27-39(28-25-30)35(41)37-32-20-22-33(23-21-32)38(2)3/h14,16-23,30H,4-13,15,24-28H2,1-3H3,(H,36,40)(H,37,41). The minimum atomic E-state index is -0.0212. The third-order valence-corrected chi connectivity index (χ3v) is 8.21. The van der Waals surface area contributed by atoms with Crippen LogP contribution in [0.1, 0.15) is 106 Å². The number of urea groups is 1. The van der Waals surface area contributed by atoms with Crippen LogP contribution in [0.5, 0.6) is 0 Å². The average molecular weight is 562 g/mol. The lowest BCUT2D eigenvalue weighted by molar-refractivity contribution is 0.0953. The van der Waals surface area contributed by atoms with Crippen molar-refractivity contribution < 1.29 is 9.59 Å². The number of nitrogens with zero attached hydrogens (tertiary/aromatic N) is 2. The fraction of sp³-hybridized carbons (Fsp3) is 0.571. The van der Waals surface area contributed by atoms with Crippen molar-refractivity contribution in [2.45, 2.75) is 90.4 Å². The predicted octanol–water partition coefficient (Wildman–Crippen LogP) is 8.29. The van der Waals surface area contributed by atoms with Gasteiger partial charge in [-0.15, -0.1) is 0 Å². The van der Waals surface area contributed by atoms with Gasteiger partial charge in [0.05, 0.1) is 0 Å². The van der Waals surface area contributed by atoms with E-state index in [4.69, 9.17) is 0 Å². The smallest absolute Gasteiger partial charge is 0.321 e. The predicted molar refractivity (Wildman–Crippen MR) is 173 cm³/mol. The fourth-order valence-corrected chi connectivity index (χ4v) is 5.41. The van der Waals surface area contributed by atoms with E-state index in [2.05, 4.69) is 24.0 Å². The molecule has 0 aliphatic carbocycles. The number of nitrogens with one attached hydrogen (secondary N) is 2. The summed E-state index contributed by atoms with van der Waals surface area (Å²) in [6.45, 7) is 4.57. The zero-order valence-corrected chi connectivity index (χ0v) is 25.8. The number of anilines is 2. The first kappa shape index (κ1) is 32.5. The molecule has 1 heterocycles. The highest BCUT2D eigenvalue weighted by molar-refractivity contribution is 5.94. The van der Waals surface area contributed by atoms with Crippen molar-refractivity contribution in [1.82, 2.24) is 10.2 Å². The molecule has 6 nitrogen and oxygen atoms in total. The molecule has 1 radical (unpaired) electrons. The van der Waals surface area contributed by atoms with Crippen LogP contribution in [0.3, 0.4) is 0 Å². The topological polar surface area (TPSA) is 64.7 Å². The number of likely N-dealkylation sites (tertiary alicyclic amines) is 1. The molecular formula is C35H53N4O2. The van der Waals surface area contributed by atoms with Crippen LogP contribution in [0.25, 0.3) is 0 Å². The number of hydrogen-bond acceptors (Lipinski definition) is 3. The highest BCUT2D eigenvalue weighted by Crippen LogP contribution is 2.24. The average Bonchev–Trinajstić information content (AvgIpc) is 2.99. The van der Waals surface area contributed by atoms with E-state index in [1.165, 1.54) is 57.8 Å². The lowest BCUT2D eigenvalue weighted by Gasteiger charge is -2.32. The highest BCUT2D eigenvalue weighted by Gasteiger charge is 2.23. The van der Waals surface area contributed by atoms with E-state index in [9.17, 15) is 9.59 Å². The van der Waals surface area contributed by atoms with Gasteiger partial charge in [0.2, 0.25) is 0 Å². The van der Waals surface area contributed by atoms with Gasteiger partial charge in [0.1, 0.15) is 0 Å². The van der Waals surface area contributed by atoms with Gasteiger partial charge >= 0.3 is 6.03 Å². The SMILES string of the molecule is CCCCCCCCCCCCNC(=O)c1ccc([CH]CC2CCN(C(=O)Nc3ccc(N(C)C)cc3)CC2)cc1. The molecule has 6 heteroatoms. The monoisotopic (exact) mass is 561 g/mol. The number of piperidine rings is 1. The quantitative estimate of drug-likeness (QED) is 0.191. The lowest BCUT2D eigenvalue weighted by atomic mass is 9.90. The van der Waals surface area contributed by atoms with Crippen LogP contribution >= 0.6 is 0 Å². The Balaban J connectivity index is 1.25. The minimum absolute atomic E-state index is 0.0202. The highest BCUT2D eigenvalue weighted by atomic mass is 16.2.